The normalized spacial score (nSPS) is 16.9. The maximum atomic E-state index is 11.8. The minimum absolute atomic E-state index is 0.0290. The molecule has 0 atom stereocenters. The van der Waals surface area contributed by atoms with Crippen LogP contribution < -0.4 is 0 Å². The molecule has 1 aliphatic heterocycles. The van der Waals surface area contributed by atoms with Gasteiger partial charge in [0.05, 0.1) is 6.20 Å². The quantitative estimate of drug-likeness (QED) is 0.746. The predicted octanol–water partition coefficient (Wildman–Crippen LogP) is 1.03. The largest absolute Gasteiger partial charge is 0.337 e. The molecule has 5 heteroatoms. The van der Waals surface area contributed by atoms with Crippen LogP contribution in [0, 0.1) is 12.8 Å². The number of hydrogen-bond acceptors (Lipinski definition) is 2. The molecule has 1 aromatic rings. The lowest BCUT2D eigenvalue weighted by molar-refractivity contribution is 0.0528. The fourth-order valence-corrected chi connectivity index (χ4v) is 1.75. The van der Waals surface area contributed by atoms with Crippen LogP contribution in [-0.2, 0) is 0 Å². The Kier molecular flexibility index (Phi) is 2.46. The highest BCUT2D eigenvalue weighted by Gasteiger charge is 2.31. The lowest BCUT2D eigenvalue weighted by Gasteiger charge is -2.37. The first-order valence-corrected chi connectivity index (χ1v) is 5.11. The number of rotatable bonds is 2. The number of aromatic amines is 1. The average molecular weight is 214 g/mol. The zero-order chi connectivity index (χ0) is 10.1. The van der Waals surface area contributed by atoms with Gasteiger partial charge in [0, 0.05) is 24.9 Å². The van der Waals surface area contributed by atoms with Gasteiger partial charge in [-0.15, -0.1) is 11.6 Å². The van der Waals surface area contributed by atoms with Gasteiger partial charge in [-0.2, -0.15) is 5.10 Å². The summed E-state index contributed by atoms with van der Waals surface area (Å²) in [6, 6.07) is 0. The molecule has 0 radical (unpaired) electrons. The van der Waals surface area contributed by atoms with Crippen molar-refractivity contribution in [1.82, 2.24) is 15.1 Å². The van der Waals surface area contributed by atoms with Gasteiger partial charge in [0.15, 0.2) is 0 Å². The lowest BCUT2D eigenvalue weighted by Crippen LogP contribution is -2.50. The van der Waals surface area contributed by atoms with Crippen molar-refractivity contribution in [1.29, 1.82) is 0 Å². The van der Waals surface area contributed by atoms with Crippen LogP contribution in [0.4, 0.5) is 0 Å². The van der Waals surface area contributed by atoms with Crippen LogP contribution in [0.1, 0.15) is 16.1 Å². The van der Waals surface area contributed by atoms with Gasteiger partial charge in [-0.3, -0.25) is 9.89 Å². The number of aromatic nitrogens is 2. The van der Waals surface area contributed by atoms with E-state index in [1.54, 1.807) is 11.1 Å². The number of carbonyl (C=O) groups is 1. The molecule has 1 aliphatic rings. The fraction of sp³-hybridized carbons (Fsp3) is 0.556. The van der Waals surface area contributed by atoms with Gasteiger partial charge < -0.3 is 4.90 Å². The van der Waals surface area contributed by atoms with E-state index in [1.807, 2.05) is 6.92 Å². The molecule has 0 aliphatic carbocycles. The van der Waals surface area contributed by atoms with Gasteiger partial charge in [0.1, 0.15) is 5.69 Å². The Morgan fingerprint density at radius 2 is 2.50 bits per heavy atom. The number of alkyl halides is 1. The molecule has 1 saturated heterocycles. The molecule has 1 fully saturated rings. The standard InChI is InChI=1S/C9H12ClN3O/c1-6-3-11-12-8(6)9(14)13-4-7(2-10)5-13/h3,7H,2,4-5H2,1H3,(H,11,12). The Morgan fingerprint density at radius 3 is 3.00 bits per heavy atom. The Hall–Kier alpha value is -1.03. The van der Waals surface area contributed by atoms with Crippen LogP contribution in [0.2, 0.25) is 0 Å². The van der Waals surface area contributed by atoms with Crippen molar-refractivity contribution in [3.05, 3.63) is 17.5 Å². The second-order valence-electron chi connectivity index (χ2n) is 3.66. The third-order valence-electron chi connectivity index (χ3n) is 2.51. The van der Waals surface area contributed by atoms with Gasteiger partial charge in [-0.25, -0.2) is 0 Å². The highest BCUT2D eigenvalue weighted by Crippen LogP contribution is 2.19. The first-order chi connectivity index (χ1) is 6.72. The Labute approximate surface area is 87.2 Å². The van der Waals surface area contributed by atoms with Gasteiger partial charge in [-0.05, 0) is 12.5 Å². The van der Waals surface area contributed by atoms with E-state index in [0.717, 1.165) is 18.7 Å². The molecule has 14 heavy (non-hydrogen) atoms. The molecular weight excluding hydrogens is 202 g/mol. The summed E-state index contributed by atoms with van der Waals surface area (Å²) >= 11 is 5.67. The number of hydrogen-bond donors (Lipinski definition) is 1. The van der Waals surface area contributed by atoms with E-state index in [9.17, 15) is 4.79 Å². The summed E-state index contributed by atoms with van der Waals surface area (Å²) in [6.45, 7) is 3.40. The summed E-state index contributed by atoms with van der Waals surface area (Å²) in [5.41, 5.74) is 1.49. The van der Waals surface area contributed by atoms with E-state index in [-0.39, 0.29) is 5.91 Å². The molecule has 4 nitrogen and oxygen atoms in total. The molecule has 1 aromatic heterocycles. The number of aryl methyl sites for hydroxylation is 1. The summed E-state index contributed by atoms with van der Waals surface area (Å²) in [5.74, 6) is 1.12. The monoisotopic (exact) mass is 213 g/mol. The second-order valence-corrected chi connectivity index (χ2v) is 3.97. The van der Waals surface area contributed by atoms with Crippen molar-refractivity contribution >= 4 is 17.5 Å². The highest BCUT2D eigenvalue weighted by atomic mass is 35.5. The maximum absolute atomic E-state index is 11.8. The molecule has 1 N–H and O–H groups in total. The van der Waals surface area contributed by atoms with Crippen molar-refractivity contribution in [3.8, 4) is 0 Å². The first-order valence-electron chi connectivity index (χ1n) is 4.57. The second kappa shape index (κ2) is 3.61. The number of halogens is 1. The minimum Gasteiger partial charge on any atom is -0.337 e. The minimum atomic E-state index is 0.0290. The van der Waals surface area contributed by atoms with Crippen LogP contribution in [0.15, 0.2) is 6.20 Å². The van der Waals surface area contributed by atoms with Crippen LogP contribution in [0.3, 0.4) is 0 Å². The van der Waals surface area contributed by atoms with E-state index < -0.39 is 0 Å². The molecule has 0 spiro atoms. The van der Waals surface area contributed by atoms with E-state index in [2.05, 4.69) is 10.2 Å². The van der Waals surface area contributed by atoms with Crippen LogP contribution >= 0.6 is 11.6 Å². The molecule has 0 saturated carbocycles. The molecular formula is C9H12ClN3O. The molecule has 0 aromatic carbocycles. The number of carbonyl (C=O) groups excluding carboxylic acids is 1. The molecule has 2 rings (SSSR count). The topological polar surface area (TPSA) is 49.0 Å². The van der Waals surface area contributed by atoms with Gasteiger partial charge in [-0.1, -0.05) is 0 Å². The Bertz CT molecular complexity index is 344. The third kappa shape index (κ3) is 1.50. The number of nitrogens with one attached hydrogen (secondary N) is 1. The van der Waals surface area contributed by atoms with Crippen molar-refractivity contribution in [2.75, 3.05) is 19.0 Å². The van der Waals surface area contributed by atoms with E-state index in [1.165, 1.54) is 0 Å². The van der Waals surface area contributed by atoms with Crippen molar-refractivity contribution < 1.29 is 4.79 Å². The third-order valence-corrected chi connectivity index (χ3v) is 2.94. The highest BCUT2D eigenvalue weighted by molar-refractivity contribution is 6.18. The molecule has 2 heterocycles. The van der Waals surface area contributed by atoms with E-state index in [0.29, 0.717) is 17.5 Å². The van der Waals surface area contributed by atoms with Crippen molar-refractivity contribution in [2.24, 2.45) is 5.92 Å². The summed E-state index contributed by atoms with van der Waals surface area (Å²) in [5, 5.41) is 6.54. The van der Waals surface area contributed by atoms with Crippen molar-refractivity contribution in [3.63, 3.8) is 0 Å². The predicted molar refractivity (Wildman–Crippen MR) is 53.4 cm³/mol. The van der Waals surface area contributed by atoms with Crippen molar-refractivity contribution in [2.45, 2.75) is 6.92 Å². The zero-order valence-electron chi connectivity index (χ0n) is 7.96. The van der Waals surface area contributed by atoms with Gasteiger partial charge in [0.2, 0.25) is 0 Å². The fourth-order valence-electron chi connectivity index (χ4n) is 1.55. The molecule has 1 amide bonds. The van der Waals surface area contributed by atoms with Gasteiger partial charge in [0.25, 0.3) is 5.91 Å². The molecule has 0 bridgehead atoms. The lowest BCUT2D eigenvalue weighted by atomic mass is 10.0. The smallest absolute Gasteiger partial charge is 0.272 e. The summed E-state index contributed by atoms with van der Waals surface area (Å²) in [7, 11) is 0. The summed E-state index contributed by atoms with van der Waals surface area (Å²) in [6.07, 6.45) is 1.66. The molecule has 76 valence electrons. The number of nitrogens with zero attached hydrogens (tertiary/aromatic N) is 2. The van der Waals surface area contributed by atoms with Crippen LogP contribution in [-0.4, -0.2) is 40.0 Å². The summed E-state index contributed by atoms with van der Waals surface area (Å²) in [4.78, 5) is 13.6. The number of amides is 1. The molecule has 0 unspecified atom stereocenters. The average Bonchev–Trinajstić information content (AvgIpc) is 2.49. The van der Waals surface area contributed by atoms with Gasteiger partial charge >= 0.3 is 0 Å². The van der Waals surface area contributed by atoms with E-state index in [4.69, 9.17) is 11.6 Å². The van der Waals surface area contributed by atoms with Crippen LogP contribution in [0.5, 0.6) is 0 Å². The SMILES string of the molecule is Cc1cn[nH]c1C(=O)N1CC(CCl)C1. The Balaban J connectivity index is 2.01. The zero-order valence-corrected chi connectivity index (χ0v) is 8.71. The number of H-pyrrole nitrogens is 1. The van der Waals surface area contributed by atoms with E-state index >= 15 is 0 Å². The van der Waals surface area contributed by atoms with Crippen LogP contribution in [0.25, 0.3) is 0 Å². The summed E-state index contributed by atoms with van der Waals surface area (Å²) < 4.78 is 0. The first kappa shape index (κ1) is 9.52. The maximum Gasteiger partial charge on any atom is 0.272 e. The Morgan fingerprint density at radius 1 is 1.79 bits per heavy atom. The number of likely N-dealkylation sites (tertiary alicyclic amines) is 1.